The van der Waals surface area contributed by atoms with Crippen LogP contribution in [0.4, 0.5) is 0 Å². The fourth-order valence-corrected chi connectivity index (χ4v) is 10.1. The van der Waals surface area contributed by atoms with E-state index >= 15 is 0 Å². The van der Waals surface area contributed by atoms with Crippen molar-refractivity contribution in [2.24, 2.45) is 11.8 Å². The summed E-state index contributed by atoms with van der Waals surface area (Å²) in [6.07, 6.45) is 10.5. The zero-order chi connectivity index (χ0) is 28.1. The number of sulfone groups is 1. The number of rotatable bonds is 18. The lowest BCUT2D eigenvalue weighted by Gasteiger charge is -2.47. The topological polar surface area (TPSA) is 75.5 Å². The van der Waals surface area contributed by atoms with E-state index in [0.29, 0.717) is 49.7 Å². The maximum absolute atomic E-state index is 13.3. The maximum Gasteiger partial charge on any atom is 0.259 e. The first-order valence-corrected chi connectivity index (χ1v) is 17.7. The Bertz CT molecular complexity index is 797. The fraction of sp³-hybridized carbons (Fsp3) is 0.964. The molecule has 1 N–H and O–H groups in total. The summed E-state index contributed by atoms with van der Waals surface area (Å²) < 4.78 is 40.9. The van der Waals surface area contributed by atoms with Crippen LogP contribution in [0.1, 0.15) is 91.9 Å². The molecule has 38 heavy (non-hydrogen) atoms. The molecule has 0 aromatic heterocycles. The molecule has 10 heteroatoms. The van der Waals surface area contributed by atoms with Gasteiger partial charge in [0.15, 0.2) is 9.84 Å². The van der Waals surface area contributed by atoms with E-state index in [1.807, 2.05) is 0 Å². The molecule has 2 rings (SSSR count). The smallest absolute Gasteiger partial charge is 0.259 e. The van der Waals surface area contributed by atoms with E-state index in [9.17, 15) is 8.42 Å². The molecule has 8 nitrogen and oxygen atoms in total. The summed E-state index contributed by atoms with van der Waals surface area (Å²) >= 11 is 0. The number of nitrogens with one attached hydrogen (secondary N) is 1. The van der Waals surface area contributed by atoms with Gasteiger partial charge in [0.1, 0.15) is 6.61 Å². The van der Waals surface area contributed by atoms with Crippen LogP contribution in [0.3, 0.4) is 0 Å². The fourth-order valence-electron chi connectivity index (χ4n) is 6.48. The molecular weight excluding hydrogens is 519 g/mol. The van der Waals surface area contributed by atoms with Crippen LogP contribution in [0.25, 0.3) is 4.85 Å². The van der Waals surface area contributed by atoms with Crippen LogP contribution < -0.4 is 5.32 Å². The van der Waals surface area contributed by atoms with Crippen molar-refractivity contribution in [2.45, 2.75) is 115 Å². The second-order valence-corrected chi connectivity index (χ2v) is 15.5. The van der Waals surface area contributed by atoms with Crippen molar-refractivity contribution in [3.05, 3.63) is 11.4 Å². The number of hydrogen-bond donors (Lipinski definition) is 1. The third-order valence-electron chi connectivity index (χ3n) is 8.11. The molecule has 2 fully saturated rings. The molecule has 0 aromatic carbocycles. The molecule has 0 radical (unpaired) electrons. The van der Waals surface area contributed by atoms with E-state index in [2.05, 4.69) is 61.5 Å². The second-order valence-electron chi connectivity index (χ2n) is 11.8. The summed E-state index contributed by atoms with van der Waals surface area (Å²) in [7, 11) is -0.00187. The number of unbranched alkanes of at least 4 members (excludes halogenated alkanes) is 3. The van der Waals surface area contributed by atoms with Gasteiger partial charge in [-0.2, -0.15) is 0 Å². The zero-order valence-corrected chi connectivity index (χ0v) is 26.6. The maximum atomic E-state index is 13.3. The van der Waals surface area contributed by atoms with Crippen LogP contribution in [0, 0.1) is 18.4 Å². The first kappa shape index (κ1) is 33.9. The van der Waals surface area contributed by atoms with Crippen molar-refractivity contribution in [3.8, 4) is 0 Å². The molecule has 5 atom stereocenters. The molecule has 2 aliphatic rings. The van der Waals surface area contributed by atoms with E-state index in [1.165, 1.54) is 12.8 Å². The lowest BCUT2D eigenvalue weighted by atomic mass is 9.68. The van der Waals surface area contributed by atoms with Gasteiger partial charge in [-0.1, -0.05) is 25.7 Å². The van der Waals surface area contributed by atoms with Gasteiger partial charge in [0, 0.05) is 18.1 Å². The molecule has 222 valence electrons. The van der Waals surface area contributed by atoms with Crippen molar-refractivity contribution >= 4 is 18.4 Å². The van der Waals surface area contributed by atoms with Crippen molar-refractivity contribution in [3.63, 3.8) is 0 Å². The second kappa shape index (κ2) is 17.5. The van der Waals surface area contributed by atoms with E-state index in [4.69, 9.17) is 15.6 Å². The molecular formula is C28H55N4O4PS. The van der Waals surface area contributed by atoms with Crippen LogP contribution >= 0.6 is 8.53 Å². The highest BCUT2D eigenvalue weighted by molar-refractivity contribution is 7.92. The van der Waals surface area contributed by atoms with Crippen molar-refractivity contribution in [1.82, 2.24) is 14.9 Å². The summed E-state index contributed by atoms with van der Waals surface area (Å²) in [4.78, 5) is 5.71. The Labute approximate surface area is 235 Å². The summed E-state index contributed by atoms with van der Waals surface area (Å²) in [6.45, 7) is 17.7. The van der Waals surface area contributed by atoms with Gasteiger partial charge in [-0.25, -0.2) is 19.7 Å². The highest BCUT2D eigenvalue weighted by Crippen LogP contribution is 2.46. The summed E-state index contributed by atoms with van der Waals surface area (Å²) in [5, 5.41) is 3.08. The lowest BCUT2D eigenvalue weighted by Crippen LogP contribution is -2.50. The molecule has 0 saturated heterocycles. The first-order valence-electron chi connectivity index (χ1n) is 14.9. The quantitative estimate of drug-likeness (QED) is 0.128. The molecule has 0 aliphatic heterocycles. The van der Waals surface area contributed by atoms with Crippen molar-refractivity contribution in [2.75, 3.05) is 46.3 Å². The Morgan fingerprint density at radius 1 is 0.921 bits per heavy atom. The minimum Gasteiger partial charge on any atom is -0.322 e. The molecule has 0 spiro atoms. The summed E-state index contributed by atoms with van der Waals surface area (Å²) in [5.74, 6) is 0.972. The van der Waals surface area contributed by atoms with Crippen molar-refractivity contribution in [1.29, 1.82) is 0 Å². The predicted molar refractivity (Wildman–Crippen MR) is 159 cm³/mol. The Balaban J connectivity index is 1.67. The predicted octanol–water partition coefficient (Wildman–Crippen LogP) is 5.71. The van der Waals surface area contributed by atoms with Gasteiger partial charge in [0.05, 0.1) is 17.7 Å². The average Bonchev–Trinajstić information content (AvgIpc) is 2.86. The normalized spacial score (nSPS) is 25.2. The van der Waals surface area contributed by atoms with Gasteiger partial charge in [0.2, 0.25) is 6.54 Å². The number of nitrogens with zero attached hydrogens (tertiary/aromatic N) is 3. The van der Waals surface area contributed by atoms with Crippen molar-refractivity contribution < 1.29 is 17.5 Å². The number of hydrogen-bond acceptors (Lipinski definition) is 7. The lowest BCUT2D eigenvalue weighted by molar-refractivity contribution is 0.0715. The van der Waals surface area contributed by atoms with Gasteiger partial charge >= 0.3 is 0 Å². The Hall–Kier alpha value is -0.330. The van der Waals surface area contributed by atoms with E-state index < -0.39 is 18.4 Å². The van der Waals surface area contributed by atoms with Gasteiger partial charge < -0.3 is 24.1 Å². The highest BCUT2D eigenvalue weighted by Gasteiger charge is 2.45. The monoisotopic (exact) mass is 574 g/mol. The molecule has 2 aliphatic carbocycles. The van der Waals surface area contributed by atoms with Crippen LogP contribution in [0.15, 0.2) is 0 Å². The van der Waals surface area contributed by atoms with E-state index in [-0.39, 0.29) is 11.1 Å². The molecule has 2 saturated carbocycles. The highest BCUT2D eigenvalue weighted by atomic mass is 32.2. The Morgan fingerprint density at radius 2 is 1.55 bits per heavy atom. The third-order valence-corrected chi connectivity index (χ3v) is 12.3. The molecule has 0 bridgehead atoms. The largest absolute Gasteiger partial charge is 0.322 e. The Morgan fingerprint density at radius 3 is 2.21 bits per heavy atom. The first-order chi connectivity index (χ1) is 18.1. The van der Waals surface area contributed by atoms with Gasteiger partial charge in [-0.15, -0.1) is 0 Å². The van der Waals surface area contributed by atoms with Gasteiger partial charge in [0.25, 0.3) is 8.53 Å². The van der Waals surface area contributed by atoms with Crippen LogP contribution in [0.2, 0.25) is 0 Å². The average molecular weight is 575 g/mol. The van der Waals surface area contributed by atoms with E-state index in [0.717, 1.165) is 57.9 Å². The van der Waals surface area contributed by atoms with Crippen LogP contribution in [-0.2, 0) is 18.9 Å². The van der Waals surface area contributed by atoms with E-state index in [1.54, 1.807) is 0 Å². The summed E-state index contributed by atoms with van der Waals surface area (Å²) in [6, 6.07) is 1.15. The summed E-state index contributed by atoms with van der Waals surface area (Å²) in [5.41, 5.74) is 0. The zero-order valence-electron chi connectivity index (χ0n) is 24.9. The molecule has 5 unspecified atom stereocenters. The number of fused-ring (bicyclic) bond motifs is 1. The SMILES string of the molecule is [C-]#[N+]CCOP(OCCCCCCNCS(=O)(=O)C1CCCC2C1CCCC2N(C)C)N(C(C)C)C(C)C. The van der Waals surface area contributed by atoms with Crippen LogP contribution in [-0.4, -0.2) is 87.6 Å². The minimum atomic E-state index is -3.13. The molecule has 0 aromatic rings. The van der Waals surface area contributed by atoms with Gasteiger partial charge in [-0.05, 0) is 98.7 Å². The standard InChI is InChI=1S/C28H55N4O4PS/c1-23(2)32(24(3)4)37(36-21-19-29-5)35-20-11-9-8-10-18-30-22-38(33,34)28-17-13-14-25-26(28)15-12-16-27(25)31(6)7/h23-28,30H,8-22H2,1-4,6-7H3. The minimum absolute atomic E-state index is 0.114. The molecule has 0 amide bonds. The third kappa shape index (κ3) is 10.6. The molecule has 0 heterocycles. The van der Waals surface area contributed by atoms with Crippen LogP contribution in [0.5, 0.6) is 0 Å². The Kier molecular flexibility index (Phi) is 15.6. The van der Waals surface area contributed by atoms with Gasteiger partial charge in [-0.3, -0.25) is 0 Å².